The van der Waals surface area contributed by atoms with Crippen LogP contribution in [0.3, 0.4) is 0 Å². The Morgan fingerprint density at radius 2 is 0.824 bits per heavy atom. The predicted octanol–water partition coefficient (Wildman–Crippen LogP) is 15.2. The quantitative estimate of drug-likeness (QED) is 0.156. The van der Waals surface area contributed by atoms with Gasteiger partial charge in [-0.2, -0.15) is 9.97 Å². The maximum atomic E-state index is 5.40. The van der Waals surface area contributed by atoms with E-state index in [9.17, 15) is 0 Å². The summed E-state index contributed by atoms with van der Waals surface area (Å²) in [6.07, 6.45) is -0.394. The molecule has 8 nitrogen and oxygen atoms in total. The van der Waals surface area contributed by atoms with E-state index >= 15 is 0 Å². The number of para-hydroxylation sites is 2. The van der Waals surface area contributed by atoms with Crippen LogP contribution in [0.1, 0.15) is 22.9 Å². The molecule has 8 heteroatoms. The number of aliphatic imine (C=N–C) groups is 2. The molecule has 74 heavy (non-hydrogen) atoms. The van der Waals surface area contributed by atoms with Crippen LogP contribution in [0.4, 0.5) is 0 Å². The molecule has 348 valence electrons. The lowest BCUT2D eigenvalue weighted by atomic mass is 10.0. The summed E-state index contributed by atoms with van der Waals surface area (Å²) in [6.45, 7) is 0. The second kappa shape index (κ2) is 18.0. The van der Waals surface area contributed by atoms with Gasteiger partial charge in [-0.15, -0.1) is 0 Å². The standard InChI is InChI=1S/C66H44N8/c1-5-19-43(20-6-1)45-35-37-52(38-36-45)73-55-33-15-13-31-53(55)59-57(73)39-40-58-60(59)54-32-14-16-34-56(54)74(58)66-71-62(47-25-11-4-12-26-47)69-65(72-66)51-30-18-29-50(42-51)64-68-61(46-23-9-3-10-24-46)67-63(70-64)49-28-17-27-48(41-49)44-21-7-2-8-22-44/h1-42,63H,(H,67,68,70). The van der Waals surface area contributed by atoms with E-state index in [0.717, 1.165) is 77.5 Å². The molecular formula is C66H44N8. The number of nitrogens with one attached hydrogen (secondary N) is 1. The Labute approximate surface area is 427 Å². The number of benzene rings is 10. The SMILES string of the molecule is c1ccc(C2=NC(c3cccc(-c4ccccc4)c3)NC(c3cccc(-c4nc(-c5ccccc5)nc(-n5c6ccccc6c6c7c8ccccc8n(-c8ccc(-c9ccccc9)cc8)c7ccc65)n4)c3)=N2)cc1. The highest BCUT2D eigenvalue weighted by atomic mass is 15.2. The van der Waals surface area contributed by atoms with Gasteiger partial charge in [-0.3, -0.25) is 4.57 Å². The summed E-state index contributed by atoms with van der Waals surface area (Å²) in [5.74, 6) is 2.99. The largest absolute Gasteiger partial charge is 0.344 e. The van der Waals surface area contributed by atoms with Crippen LogP contribution >= 0.6 is 0 Å². The van der Waals surface area contributed by atoms with Crippen molar-refractivity contribution in [2.75, 3.05) is 0 Å². The molecule has 1 atom stereocenters. The average Bonchev–Trinajstić information content (AvgIpc) is 4.01. The highest BCUT2D eigenvalue weighted by Gasteiger charge is 2.25. The lowest BCUT2D eigenvalue weighted by molar-refractivity contribution is 0.674. The first kappa shape index (κ1) is 42.8. The van der Waals surface area contributed by atoms with E-state index in [1.54, 1.807) is 0 Å². The van der Waals surface area contributed by atoms with Gasteiger partial charge in [0.25, 0.3) is 0 Å². The van der Waals surface area contributed by atoms with Crippen LogP contribution in [0.5, 0.6) is 0 Å². The highest BCUT2D eigenvalue weighted by molar-refractivity contribution is 6.29. The van der Waals surface area contributed by atoms with Gasteiger partial charge in [-0.25, -0.2) is 15.0 Å². The molecule has 0 saturated carbocycles. The van der Waals surface area contributed by atoms with Gasteiger partial charge in [0, 0.05) is 49.5 Å². The van der Waals surface area contributed by atoms with E-state index in [-0.39, 0.29) is 0 Å². The topological polar surface area (TPSA) is 85.3 Å². The summed E-state index contributed by atoms with van der Waals surface area (Å²) in [5, 5.41) is 8.31. The van der Waals surface area contributed by atoms with Crippen molar-refractivity contribution in [1.29, 1.82) is 0 Å². The van der Waals surface area contributed by atoms with Crippen LogP contribution < -0.4 is 5.32 Å². The summed E-state index contributed by atoms with van der Waals surface area (Å²) in [4.78, 5) is 26.3. The number of rotatable bonds is 9. The van der Waals surface area contributed by atoms with E-state index < -0.39 is 6.17 Å². The van der Waals surface area contributed by atoms with Gasteiger partial charge in [-0.05, 0) is 76.3 Å². The molecule has 13 aromatic rings. The molecular weight excluding hydrogens is 905 g/mol. The Morgan fingerprint density at radius 3 is 1.49 bits per heavy atom. The Morgan fingerprint density at radius 1 is 0.338 bits per heavy atom. The van der Waals surface area contributed by atoms with Gasteiger partial charge in [-0.1, -0.05) is 206 Å². The van der Waals surface area contributed by atoms with E-state index in [2.05, 4.69) is 209 Å². The van der Waals surface area contributed by atoms with E-state index in [4.69, 9.17) is 24.9 Å². The van der Waals surface area contributed by atoms with E-state index in [1.165, 1.54) is 21.9 Å². The number of hydrogen-bond acceptors (Lipinski definition) is 6. The molecule has 3 aromatic heterocycles. The minimum atomic E-state index is -0.394. The third kappa shape index (κ3) is 7.52. The normalized spacial score (nSPS) is 13.5. The van der Waals surface area contributed by atoms with Gasteiger partial charge < -0.3 is 9.88 Å². The van der Waals surface area contributed by atoms with Gasteiger partial charge in [0.1, 0.15) is 12.0 Å². The maximum Gasteiger partial charge on any atom is 0.238 e. The molecule has 0 amide bonds. The fraction of sp³-hybridized carbons (Fsp3) is 0.0152. The van der Waals surface area contributed by atoms with Crippen LogP contribution in [0, 0.1) is 0 Å². The number of nitrogens with zero attached hydrogens (tertiary/aromatic N) is 7. The molecule has 14 rings (SSSR count). The lowest BCUT2D eigenvalue weighted by Crippen LogP contribution is -2.33. The second-order valence-electron chi connectivity index (χ2n) is 18.5. The van der Waals surface area contributed by atoms with Crippen molar-refractivity contribution in [3.63, 3.8) is 0 Å². The van der Waals surface area contributed by atoms with Crippen LogP contribution in [-0.2, 0) is 0 Å². The van der Waals surface area contributed by atoms with E-state index in [1.807, 2.05) is 60.7 Å². The minimum Gasteiger partial charge on any atom is -0.344 e. The molecule has 1 N–H and O–H groups in total. The molecule has 0 spiro atoms. The Hall–Kier alpha value is -10.1. The summed E-state index contributed by atoms with van der Waals surface area (Å²) >= 11 is 0. The monoisotopic (exact) mass is 948 g/mol. The van der Waals surface area contributed by atoms with Gasteiger partial charge in [0.15, 0.2) is 17.5 Å². The Bertz CT molecular complexity index is 4310. The summed E-state index contributed by atoms with van der Waals surface area (Å²) < 4.78 is 4.59. The number of hydrogen-bond donors (Lipinski definition) is 1. The van der Waals surface area contributed by atoms with Gasteiger partial charge in [0.05, 0.1) is 22.1 Å². The van der Waals surface area contributed by atoms with Crippen molar-refractivity contribution >= 4 is 55.3 Å². The number of fused-ring (bicyclic) bond motifs is 7. The van der Waals surface area contributed by atoms with E-state index in [0.29, 0.717) is 29.3 Å². The predicted molar refractivity (Wildman–Crippen MR) is 302 cm³/mol. The molecule has 1 unspecified atom stereocenters. The highest BCUT2D eigenvalue weighted by Crippen LogP contribution is 2.42. The van der Waals surface area contributed by atoms with Crippen molar-refractivity contribution < 1.29 is 0 Å². The first-order valence-electron chi connectivity index (χ1n) is 24.9. The zero-order valence-corrected chi connectivity index (χ0v) is 40.0. The molecule has 0 radical (unpaired) electrons. The van der Waals surface area contributed by atoms with Crippen molar-refractivity contribution in [3.05, 3.63) is 271 Å². The molecule has 0 saturated heterocycles. The minimum absolute atomic E-state index is 0.394. The average molecular weight is 949 g/mol. The van der Waals surface area contributed by atoms with Gasteiger partial charge in [0.2, 0.25) is 5.95 Å². The van der Waals surface area contributed by atoms with Crippen molar-refractivity contribution in [2.45, 2.75) is 6.17 Å². The fourth-order valence-corrected chi connectivity index (χ4v) is 10.6. The number of amidine groups is 2. The summed E-state index contributed by atoms with van der Waals surface area (Å²) in [5.41, 5.74) is 14.6. The molecule has 4 heterocycles. The zero-order chi connectivity index (χ0) is 49.0. The van der Waals surface area contributed by atoms with Crippen molar-refractivity contribution in [1.82, 2.24) is 29.4 Å². The molecule has 0 bridgehead atoms. The molecule has 1 aliphatic heterocycles. The summed E-state index contributed by atoms with van der Waals surface area (Å²) in [7, 11) is 0. The van der Waals surface area contributed by atoms with Crippen molar-refractivity contribution in [2.24, 2.45) is 9.98 Å². The third-order valence-corrected chi connectivity index (χ3v) is 14.0. The summed E-state index contributed by atoms with van der Waals surface area (Å²) in [6, 6.07) is 88.8. The first-order chi connectivity index (χ1) is 36.7. The smallest absolute Gasteiger partial charge is 0.238 e. The zero-order valence-electron chi connectivity index (χ0n) is 40.0. The molecule has 0 aliphatic carbocycles. The third-order valence-electron chi connectivity index (χ3n) is 14.0. The second-order valence-corrected chi connectivity index (χ2v) is 18.5. The van der Waals surface area contributed by atoms with Crippen LogP contribution in [0.15, 0.2) is 265 Å². The van der Waals surface area contributed by atoms with Crippen LogP contribution in [0.2, 0.25) is 0 Å². The fourth-order valence-electron chi connectivity index (χ4n) is 10.6. The Balaban J connectivity index is 0.916. The maximum absolute atomic E-state index is 5.40. The lowest BCUT2D eigenvalue weighted by Gasteiger charge is -2.24. The van der Waals surface area contributed by atoms with Crippen molar-refractivity contribution in [3.8, 4) is 56.7 Å². The van der Waals surface area contributed by atoms with Gasteiger partial charge >= 0.3 is 0 Å². The van der Waals surface area contributed by atoms with Crippen LogP contribution in [-0.4, -0.2) is 35.8 Å². The van der Waals surface area contributed by atoms with Crippen LogP contribution in [0.25, 0.3) is 100 Å². The number of aromatic nitrogens is 5. The Kier molecular flexibility index (Phi) is 10.4. The molecule has 0 fully saturated rings. The molecule has 10 aromatic carbocycles. The first-order valence-corrected chi connectivity index (χ1v) is 24.9. The molecule has 1 aliphatic rings.